The highest BCUT2D eigenvalue weighted by molar-refractivity contribution is 5.86. The molecule has 4 atom stereocenters. The lowest BCUT2D eigenvalue weighted by molar-refractivity contribution is 0.0764. The molecule has 0 aliphatic carbocycles. The van der Waals surface area contributed by atoms with Crippen LogP contribution in [0.25, 0.3) is 10.8 Å². The lowest BCUT2D eigenvalue weighted by Crippen LogP contribution is -2.21. The predicted molar refractivity (Wildman–Crippen MR) is 115 cm³/mol. The van der Waals surface area contributed by atoms with Crippen molar-refractivity contribution in [2.45, 2.75) is 52.1 Å². The van der Waals surface area contributed by atoms with E-state index in [0.29, 0.717) is 18.3 Å². The molecule has 4 nitrogen and oxygen atoms in total. The van der Waals surface area contributed by atoms with E-state index >= 15 is 0 Å². The normalized spacial score (nSPS) is 15.8. The second-order valence-electron chi connectivity index (χ2n) is 7.60. The molecular weight excluding hydrogens is 350 g/mol. The summed E-state index contributed by atoms with van der Waals surface area (Å²) in [6, 6.07) is 5.85. The standard InChI is InChI=1S/C24H35NO3/c1-5-17(6-2)18(7-3)13-19(9-8-12-26)24(27)23-16-25-15-20-10-11-21(28-4)14-22(20)23/h5,10-11,14-19,24,26-27H,1,6-9,12-13H2,2-4H3/t17-,18-,19-,24-/m0/s1. The summed E-state index contributed by atoms with van der Waals surface area (Å²) in [5.41, 5.74) is 0.834. The fourth-order valence-electron chi connectivity index (χ4n) is 4.27. The van der Waals surface area contributed by atoms with Crippen molar-refractivity contribution in [1.82, 2.24) is 4.98 Å². The number of hydrogen-bond donors (Lipinski definition) is 2. The number of hydrogen-bond acceptors (Lipinski definition) is 4. The van der Waals surface area contributed by atoms with Crippen LogP contribution in [0.2, 0.25) is 0 Å². The molecule has 4 heteroatoms. The van der Waals surface area contributed by atoms with Gasteiger partial charge >= 0.3 is 0 Å². The van der Waals surface area contributed by atoms with Crippen molar-refractivity contribution >= 4 is 10.8 Å². The number of ether oxygens (including phenoxy) is 1. The first kappa shape index (κ1) is 22.4. The van der Waals surface area contributed by atoms with E-state index in [1.165, 1.54) is 0 Å². The van der Waals surface area contributed by atoms with Crippen LogP contribution in [0.5, 0.6) is 5.75 Å². The second-order valence-corrected chi connectivity index (χ2v) is 7.60. The number of nitrogens with zero attached hydrogens (tertiary/aromatic N) is 1. The zero-order chi connectivity index (χ0) is 20.5. The number of pyridine rings is 1. The van der Waals surface area contributed by atoms with Crippen molar-refractivity contribution < 1.29 is 14.9 Å². The van der Waals surface area contributed by atoms with Gasteiger partial charge in [-0.15, -0.1) is 6.58 Å². The molecule has 0 amide bonds. The molecule has 1 aromatic heterocycles. The van der Waals surface area contributed by atoms with E-state index in [2.05, 4.69) is 25.4 Å². The third-order valence-electron chi connectivity index (χ3n) is 6.01. The van der Waals surface area contributed by atoms with Crippen LogP contribution in [-0.4, -0.2) is 28.9 Å². The highest BCUT2D eigenvalue weighted by Gasteiger charge is 2.27. The first-order valence-electron chi connectivity index (χ1n) is 10.4. The van der Waals surface area contributed by atoms with Crippen LogP contribution in [0.1, 0.15) is 57.6 Å². The van der Waals surface area contributed by atoms with Gasteiger partial charge in [-0.05, 0) is 67.0 Å². The molecular formula is C24H35NO3. The summed E-state index contributed by atoms with van der Waals surface area (Å²) in [4.78, 5) is 4.35. The molecule has 0 saturated carbocycles. The third kappa shape index (κ3) is 5.33. The minimum atomic E-state index is -0.633. The Hall–Kier alpha value is -1.91. The van der Waals surface area contributed by atoms with Gasteiger partial charge in [-0.2, -0.15) is 0 Å². The zero-order valence-corrected chi connectivity index (χ0v) is 17.5. The highest BCUT2D eigenvalue weighted by atomic mass is 16.5. The molecule has 1 heterocycles. The molecule has 2 aromatic rings. The predicted octanol–water partition coefficient (Wildman–Crippen LogP) is 5.29. The number of methoxy groups -OCH3 is 1. The Morgan fingerprint density at radius 1 is 1.18 bits per heavy atom. The Morgan fingerprint density at radius 3 is 2.57 bits per heavy atom. The quantitative estimate of drug-likeness (QED) is 0.487. The molecule has 2 N–H and O–H groups in total. The SMILES string of the molecule is C=C[C@@H](CC)[C@@H](CC)C[C@H](CCCO)[C@H](O)c1cncc2ccc(OC)cc12. The number of aliphatic hydroxyl groups excluding tert-OH is 2. The first-order valence-corrected chi connectivity index (χ1v) is 10.4. The molecule has 0 bridgehead atoms. The third-order valence-corrected chi connectivity index (χ3v) is 6.01. The van der Waals surface area contributed by atoms with Crippen LogP contribution < -0.4 is 4.74 Å². The van der Waals surface area contributed by atoms with E-state index in [4.69, 9.17) is 4.74 Å². The van der Waals surface area contributed by atoms with Crippen molar-refractivity contribution in [2.24, 2.45) is 17.8 Å². The Labute approximate surface area is 169 Å². The second kappa shape index (κ2) is 11.2. The van der Waals surface area contributed by atoms with Gasteiger partial charge in [0, 0.05) is 30.0 Å². The smallest absolute Gasteiger partial charge is 0.119 e. The van der Waals surface area contributed by atoms with E-state index in [-0.39, 0.29) is 12.5 Å². The zero-order valence-electron chi connectivity index (χ0n) is 17.5. The van der Waals surface area contributed by atoms with Crippen LogP contribution in [0, 0.1) is 17.8 Å². The van der Waals surface area contributed by atoms with Gasteiger partial charge in [0.1, 0.15) is 5.75 Å². The Morgan fingerprint density at radius 2 is 1.96 bits per heavy atom. The van der Waals surface area contributed by atoms with Gasteiger partial charge < -0.3 is 14.9 Å². The minimum Gasteiger partial charge on any atom is -0.497 e. The molecule has 0 saturated heterocycles. The average molecular weight is 386 g/mol. The number of allylic oxidation sites excluding steroid dienone is 1. The molecule has 0 radical (unpaired) electrons. The summed E-state index contributed by atoms with van der Waals surface area (Å²) in [6.07, 6.45) is 9.47. The lowest BCUT2D eigenvalue weighted by Gasteiger charge is -2.30. The fraction of sp³-hybridized carbons (Fsp3) is 0.542. The van der Waals surface area contributed by atoms with Crippen LogP contribution >= 0.6 is 0 Å². The summed E-state index contributed by atoms with van der Waals surface area (Å²) in [6.45, 7) is 8.54. The van der Waals surface area contributed by atoms with Gasteiger partial charge in [-0.3, -0.25) is 4.98 Å². The number of benzene rings is 1. The van der Waals surface area contributed by atoms with Crippen molar-refractivity contribution in [1.29, 1.82) is 0 Å². The molecule has 2 rings (SSSR count). The minimum absolute atomic E-state index is 0.0599. The van der Waals surface area contributed by atoms with E-state index in [1.807, 2.05) is 30.5 Å². The summed E-state index contributed by atoms with van der Waals surface area (Å²) in [5.74, 6) is 1.74. The van der Waals surface area contributed by atoms with Crippen LogP contribution in [0.3, 0.4) is 0 Å². The summed E-state index contributed by atoms with van der Waals surface area (Å²) in [5, 5.41) is 22.7. The van der Waals surface area contributed by atoms with Gasteiger partial charge in [0.2, 0.25) is 0 Å². The summed E-state index contributed by atoms with van der Waals surface area (Å²) in [7, 11) is 1.65. The highest BCUT2D eigenvalue weighted by Crippen LogP contribution is 2.38. The average Bonchev–Trinajstić information content (AvgIpc) is 2.74. The van der Waals surface area contributed by atoms with Gasteiger partial charge in [0.05, 0.1) is 13.2 Å². The van der Waals surface area contributed by atoms with Gasteiger partial charge in [-0.1, -0.05) is 26.3 Å². The molecule has 0 aliphatic heterocycles. The fourth-order valence-corrected chi connectivity index (χ4v) is 4.27. The van der Waals surface area contributed by atoms with Crippen molar-refractivity contribution in [3.05, 3.63) is 48.8 Å². The molecule has 0 unspecified atom stereocenters. The molecule has 28 heavy (non-hydrogen) atoms. The number of aromatic nitrogens is 1. The Balaban J connectivity index is 2.37. The maximum atomic E-state index is 11.4. The lowest BCUT2D eigenvalue weighted by atomic mass is 9.77. The number of aliphatic hydroxyl groups is 2. The van der Waals surface area contributed by atoms with E-state index < -0.39 is 6.10 Å². The first-order chi connectivity index (χ1) is 13.6. The van der Waals surface area contributed by atoms with E-state index in [1.54, 1.807) is 13.3 Å². The summed E-state index contributed by atoms with van der Waals surface area (Å²) < 4.78 is 5.38. The molecule has 0 spiro atoms. The van der Waals surface area contributed by atoms with Crippen LogP contribution in [0.15, 0.2) is 43.2 Å². The van der Waals surface area contributed by atoms with Gasteiger partial charge in [0.15, 0.2) is 0 Å². The number of fused-ring (bicyclic) bond motifs is 1. The van der Waals surface area contributed by atoms with Crippen molar-refractivity contribution in [3.8, 4) is 5.75 Å². The van der Waals surface area contributed by atoms with Gasteiger partial charge in [0.25, 0.3) is 0 Å². The van der Waals surface area contributed by atoms with Crippen molar-refractivity contribution in [3.63, 3.8) is 0 Å². The number of rotatable bonds is 12. The van der Waals surface area contributed by atoms with E-state index in [0.717, 1.165) is 47.8 Å². The molecule has 0 fully saturated rings. The maximum absolute atomic E-state index is 11.4. The van der Waals surface area contributed by atoms with Crippen LogP contribution in [0.4, 0.5) is 0 Å². The largest absolute Gasteiger partial charge is 0.497 e. The monoisotopic (exact) mass is 385 g/mol. The Kier molecular flexibility index (Phi) is 8.94. The summed E-state index contributed by atoms with van der Waals surface area (Å²) >= 11 is 0. The topological polar surface area (TPSA) is 62.6 Å². The van der Waals surface area contributed by atoms with E-state index in [9.17, 15) is 10.2 Å². The van der Waals surface area contributed by atoms with Gasteiger partial charge in [-0.25, -0.2) is 0 Å². The van der Waals surface area contributed by atoms with Crippen LogP contribution in [-0.2, 0) is 0 Å². The van der Waals surface area contributed by atoms with Crippen molar-refractivity contribution in [2.75, 3.05) is 13.7 Å². The molecule has 154 valence electrons. The Bertz CT molecular complexity index is 746. The maximum Gasteiger partial charge on any atom is 0.119 e. The molecule has 1 aromatic carbocycles. The molecule has 0 aliphatic rings.